The van der Waals surface area contributed by atoms with Crippen molar-refractivity contribution in [3.05, 3.63) is 50.9 Å². The van der Waals surface area contributed by atoms with Gasteiger partial charge in [0, 0.05) is 7.05 Å². The fraction of sp³-hybridized carbons (Fsp3) is 0.375. The third kappa shape index (κ3) is 4.10. The maximum absolute atomic E-state index is 11.8. The van der Waals surface area contributed by atoms with Crippen LogP contribution in [0.25, 0.3) is 0 Å². The van der Waals surface area contributed by atoms with Gasteiger partial charge in [0.15, 0.2) is 0 Å². The molecular weight excluding hydrogens is 346 g/mol. The molecule has 0 saturated carbocycles. The monoisotopic (exact) mass is 365 g/mol. The molecule has 0 saturated heterocycles. The van der Waals surface area contributed by atoms with Gasteiger partial charge in [-0.2, -0.15) is 5.10 Å². The average molecular weight is 366 g/mol. The topological polar surface area (TPSA) is 56.2 Å². The van der Waals surface area contributed by atoms with Crippen molar-refractivity contribution in [3.8, 4) is 5.75 Å². The summed E-state index contributed by atoms with van der Waals surface area (Å²) in [5, 5.41) is 7.23. The van der Waals surface area contributed by atoms with Crippen LogP contribution in [0.15, 0.2) is 39.7 Å². The Bertz CT molecular complexity index is 700. The zero-order valence-electron chi connectivity index (χ0n) is 13.0. The zero-order chi connectivity index (χ0) is 16.1. The molecule has 2 aromatic rings. The number of hydrogen-bond donors (Lipinski definition) is 1. The number of nitrogens with one attached hydrogen (secondary N) is 1. The quantitative estimate of drug-likeness (QED) is 0.854. The molecule has 1 aromatic carbocycles. The standard InChI is InChI=1S/C16H20BrN3O2/c1-4-12(22-13-7-5-6-11(2)8-13)9-18-14-10-19-20(3)16(21)15(14)17/h5-8,10,12,18H,4,9H2,1-3H3. The van der Waals surface area contributed by atoms with Crippen molar-refractivity contribution in [1.82, 2.24) is 9.78 Å². The van der Waals surface area contributed by atoms with E-state index in [1.807, 2.05) is 31.2 Å². The maximum atomic E-state index is 11.8. The number of nitrogens with zero attached hydrogens (tertiary/aromatic N) is 2. The number of aryl methyl sites for hydroxylation is 2. The van der Waals surface area contributed by atoms with Gasteiger partial charge in [0.05, 0.1) is 18.4 Å². The van der Waals surface area contributed by atoms with Crippen molar-refractivity contribution in [1.29, 1.82) is 0 Å². The molecule has 6 heteroatoms. The van der Waals surface area contributed by atoms with Gasteiger partial charge in [-0.15, -0.1) is 0 Å². The van der Waals surface area contributed by atoms with Gasteiger partial charge in [0.2, 0.25) is 0 Å². The molecule has 0 amide bonds. The molecule has 1 unspecified atom stereocenters. The SMILES string of the molecule is CCC(CNc1cnn(C)c(=O)c1Br)Oc1cccc(C)c1. The summed E-state index contributed by atoms with van der Waals surface area (Å²) >= 11 is 3.30. The Morgan fingerprint density at radius 3 is 2.91 bits per heavy atom. The van der Waals surface area contributed by atoms with E-state index >= 15 is 0 Å². The molecule has 0 fully saturated rings. The molecule has 1 atom stereocenters. The average Bonchev–Trinajstić information content (AvgIpc) is 2.50. The predicted octanol–water partition coefficient (Wildman–Crippen LogP) is 3.12. The minimum Gasteiger partial charge on any atom is -0.489 e. The van der Waals surface area contributed by atoms with Gasteiger partial charge < -0.3 is 10.1 Å². The fourth-order valence-corrected chi connectivity index (χ4v) is 2.51. The van der Waals surface area contributed by atoms with Gasteiger partial charge in [-0.05, 0) is 47.0 Å². The van der Waals surface area contributed by atoms with Crippen LogP contribution in [0.2, 0.25) is 0 Å². The zero-order valence-corrected chi connectivity index (χ0v) is 14.6. The number of benzene rings is 1. The fourth-order valence-electron chi connectivity index (χ4n) is 2.01. The van der Waals surface area contributed by atoms with E-state index in [-0.39, 0.29) is 11.7 Å². The van der Waals surface area contributed by atoms with Crippen LogP contribution in [-0.4, -0.2) is 22.4 Å². The summed E-state index contributed by atoms with van der Waals surface area (Å²) in [6.45, 7) is 4.70. The van der Waals surface area contributed by atoms with E-state index in [9.17, 15) is 4.79 Å². The van der Waals surface area contributed by atoms with Crippen LogP contribution in [0, 0.1) is 6.92 Å². The van der Waals surface area contributed by atoms with E-state index in [1.165, 1.54) is 10.2 Å². The summed E-state index contributed by atoms with van der Waals surface area (Å²) in [6, 6.07) is 7.98. The first-order chi connectivity index (χ1) is 10.5. The van der Waals surface area contributed by atoms with E-state index in [0.29, 0.717) is 16.7 Å². The minimum absolute atomic E-state index is 0.0118. The van der Waals surface area contributed by atoms with E-state index < -0.39 is 0 Å². The second-order valence-corrected chi connectivity index (χ2v) is 5.94. The van der Waals surface area contributed by atoms with E-state index in [2.05, 4.69) is 33.3 Å². The molecule has 5 nitrogen and oxygen atoms in total. The van der Waals surface area contributed by atoms with Crippen molar-refractivity contribution in [2.24, 2.45) is 7.05 Å². The van der Waals surface area contributed by atoms with Crippen LogP contribution in [-0.2, 0) is 7.05 Å². The lowest BCUT2D eigenvalue weighted by atomic mass is 10.2. The molecule has 2 rings (SSSR count). The Balaban J connectivity index is 2.02. The van der Waals surface area contributed by atoms with Crippen LogP contribution < -0.4 is 15.6 Å². The third-order valence-electron chi connectivity index (χ3n) is 3.35. The molecule has 0 bridgehead atoms. The summed E-state index contributed by atoms with van der Waals surface area (Å²) in [7, 11) is 1.62. The first-order valence-corrected chi connectivity index (χ1v) is 7.99. The highest BCUT2D eigenvalue weighted by Crippen LogP contribution is 2.18. The highest BCUT2D eigenvalue weighted by atomic mass is 79.9. The van der Waals surface area contributed by atoms with Crippen molar-refractivity contribution >= 4 is 21.6 Å². The number of halogens is 1. The first-order valence-electron chi connectivity index (χ1n) is 7.20. The number of rotatable bonds is 6. The molecule has 118 valence electrons. The molecule has 22 heavy (non-hydrogen) atoms. The highest BCUT2D eigenvalue weighted by Gasteiger charge is 2.11. The Hall–Kier alpha value is -1.82. The van der Waals surface area contributed by atoms with Gasteiger partial charge in [-0.3, -0.25) is 4.79 Å². The normalized spacial score (nSPS) is 12.0. The summed E-state index contributed by atoms with van der Waals surface area (Å²) in [5.41, 5.74) is 1.67. The number of hydrogen-bond acceptors (Lipinski definition) is 4. The van der Waals surface area contributed by atoms with Crippen LogP contribution in [0.3, 0.4) is 0 Å². The lowest BCUT2D eigenvalue weighted by Gasteiger charge is -2.19. The van der Waals surface area contributed by atoms with Crippen LogP contribution in [0.4, 0.5) is 5.69 Å². The Labute approximate surface area is 138 Å². The molecular formula is C16H20BrN3O2. The Kier molecular flexibility index (Phi) is 5.60. The van der Waals surface area contributed by atoms with Crippen LogP contribution >= 0.6 is 15.9 Å². The van der Waals surface area contributed by atoms with Crippen LogP contribution in [0.1, 0.15) is 18.9 Å². The van der Waals surface area contributed by atoms with E-state index in [1.54, 1.807) is 13.2 Å². The summed E-state index contributed by atoms with van der Waals surface area (Å²) < 4.78 is 7.75. The molecule has 1 aromatic heterocycles. The summed E-state index contributed by atoms with van der Waals surface area (Å²) in [6.07, 6.45) is 2.50. The van der Waals surface area contributed by atoms with Gasteiger partial charge in [0.25, 0.3) is 5.56 Å². The molecule has 0 aliphatic rings. The lowest BCUT2D eigenvalue weighted by Crippen LogP contribution is -2.27. The lowest BCUT2D eigenvalue weighted by molar-refractivity contribution is 0.210. The van der Waals surface area contributed by atoms with Crippen molar-refractivity contribution in [2.75, 3.05) is 11.9 Å². The smallest absolute Gasteiger partial charge is 0.282 e. The second kappa shape index (κ2) is 7.45. The number of ether oxygens (including phenoxy) is 1. The van der Waals surface area contributed by atoms with Crippen LogP contribution in [0.5, 0.6) is 5.75 Å². The Morgan fingerprint density at radius 2 is 2.23 bits per heavy atom. The molecule has 0 aliphatic carbocycles. The van der Waals surface area contributed by atoms with Gasteiger partial charge in [0.1, 0.15) is 16.3 Å². The first kappa shape index (κ1) is 16.5. The highest BCUT2D eigenvalue weighted by molar-refractivity contribution is 9.10. The predicted molar refractivity (Wildman–Crippen MR) is 91.6 cm³/mol. The van der Waals surface area contributed by atoms with Crippen molar-refractivity contribution < 1.29 is 4.74 Å². The third-order valence-corrected chi connectivity index (χ3v) is 4.11. The number of aromatic nitrogens is 2. The molecule has 0 spiro atoms. The number of anilines is 1. The Morgan fingerprint density at radius 1 is 1.45 bits per heavy atom. The van der Waals surface area contributed by atoms with Crippen molar-refractivity contribution in [3.63, 3.8) is 0 Å². The minimum atomic E-state index is -0.169. The summed E-state index contributed by atoms with van der Waals surface area (Å²) in [4.78, 5) is 11.8. The van der Waals surface area contributed by atoms with Gasteiger partial charge in [-0.1, -0.05) is 19.1 Å². The molecule has 0 radical (unpaired) electrons. The summed E-state index contributed by atoms with van der Waals surface area (Å²) in [5.74, 6) is 0.856. The van der Waals surface area contributed by atoms with Gasteiger partial charge in [-0.25, -0.2) is 4.68 Å². The molecule has 0 aliphatic heterocycles. The van der Waals surface area contributed by atoms with E-state index in [4.69, 9.17) is 4.74 Å². The largest absolute Gasteiger partial charge is 0.489 e. The van der Waals surface area contributed by atoms with Gasteiger partial charge >= 0.3 is 0 Å². The second-order valence-electron chi connectivity index (χ2n) is 5.15. The molecule has 1 N–H and O–H groups in total. The maximum Gasteiger partial charge on any atom is 0.282 e. The van der Waals surface area contributed by atoms with Crippen molar-refractivity contribution in [2.45, 2.75) is 26.4 Å². The van der Waals surface area contributed by atoms with E-state index in [0.717, 1.165) is 12.2 Å². The molecule has 1 heterocycles.